The van der Waals surface area contributed by atoms with Crippen LogP contribution in [-0.2, 0) is 11.3 Å². The van der Waals surface area contributed by atoms with Crippen molar-refractivity contribution in [3.05, 3.63) is 81.1 Å². The fourth-order valence-electron chi connectivity index (χ4n) is 6.67. The van der Waals surface area contributed by atoms with Gasteiger partial charge >= 0.3 is 0 Å². The summed E-state index contributed by atoms with van der Waals surface area (Å²) in [7, 11) is 0. The van der Waals surface area contributed by atoms with E-state index in [2.05, 4.69) is 66.5 Å². The molecular formula is C31H33BrClFN8O. The highest BCUT2D eigenvalue weighted by Gasteiger charge is 2.37. The number of fused-ring (bicyclic) bond motifs is 3. The Hall–Kier alpha value is -3.12. The minimum Gasteiger partial charge on any atom is -0.376 e. The normalized spacial score (nSPS) is 22.2. The second-order valence-corrected chi connectivity index (χ2v) is 13.0. The topological polar surface area (TPSA) is 76.6 Å². The van der Waals surface area contributed by atoms with Gasteiger partial charge in [0.2, 0.25) is 0 Å². The average Bonchev–Trinajstić information content (AvgIpc) is 3.74. The second kappa shape index (κ2) is 11.4. The monoisotopic (exact) mass is 666 g/mol. The molecule has 0 saturated carbocycles. The standard InChI is InChI=1S/C31H33BrClFN8O/c1-18-15-40(19(2)14-39(18)28(21-6-9-23(32)10-7-21)22-8-11-26(34)25(33)13-22)29-27-30(42-17-35-38-31(42)37-29)41(20(3)36-27)16-24-5-4-12-43-24/h6-11,13,17-19,24,28H,4-5,12,14-16H2,1-3H3/t18-,19+,24?,28?/m1/s1. The van der Waals surface area contributed by atoms with Crippen molar-refractivity contribution in [2.24, 2.45) is 0 Å². The van der Waals surface area contributed by atoms with Crippen LogP contribution >= 0.6 is 27.5 Å². The number of rotatable bonds is 6. The molecule has 4 atom stereocenters. The summed E-state index contributed by atoms with van der Waals surface area (Å²) in [5, 5.41) is 8.65. The van der Waals surface area contributed by atoms with Crippen LogP contribution in [0.3, 0.4) is 0 Å². The molecule has 5 heterocycles. The second-order valence-electron chi connectivity index (χ2n) is 11.7. The minimum absolute atomic E-state index is 0.0924. The van der Waals surface area contributed by atoms with Crippen LogP contribution in [0.4, 0.5) is 10.2 Å². The Morgan fingerprint density at radius 1 is 1.07 bits per heavy atom. The fraction of sp³-hybridized carbons (Fsp3) is 0.419. The van der Waals surface area contributed by atoms with Gasteiger partial charge in [0.05, 0.1) is 23.7 Å². The lowest BCUT2D eigenvalue weighted by Gasteiger charge is -2.48. The molecule has 9 nitrogen and oxygen atoms in total. The van der Waals surface area contributed by atoms with Gasteiger partial charge in [0.25, 0.3) is 5.78 Å². The molecule has 3 aromatic heterocycles. The largest absolute Gasteiger partial charge is 0.376 e. The third kappa shape index (κ3) is 5.20. The molecule has 2 saturated heterocycles. The molecule has 0 aliphatic carbocycles. The summed E-state index contributed by atoms with van der Waals surface area (Å²) in [6.07, 6.45) is 3.99. The molecule has 5 aromatic rings. The van der Waals surface area contributed by atoms with Gasteiger partial charge in [0.15, 0.2) is 11.5 Å². The molecule has 0 amide bonds. The van der Waals surface area contributed by atoms with Crippen LogP contribution in [0.1, 0.15) is 49.7 Å². The molecule has 12 heteroatoms. The van der Waals surface area contributed by atoms with Gasteiger partial charge in [0.1, 0.15) is 23.5 Å². The fourth-order valence-corrected chi connectivity index (χ4v) is 7.12. The Bertz CT molecular complexity index is 1790. The average molecular weight is 668 g/mol. The summed E-state index contributed by atoms with van der Waals surface area (Å²) in [5.41, 5.74) is 3.85. The Kier molecular flexibility index (Phi) is 7.61. The lowest BCUT2D eigenvalue weighted by atomic mass is 9.93. The van der Waals surface area contributed by atoms with Crippen molar-refractivity contribution in [1.82, 2.24) is 34.0 Å². The van der Waals surface area contributed by atoms with E-state index in [1.165, 1.54) is 6.07 Å². The predicted molar refractivity (Wildman–Crippen MR) is 168 cm³/mol. The number of hydrogen-bond acceptors (Lipinski definition) is 7. The van der Waals surface area contributed by atoms with E-state index in [9.17, 15) is 4.39 Å². The van der Waals surface area contributed by atoms with Crippen molar-refractivity contribution >= 4 is 50.3 Å². The summed E-state index contributed by atoms with van der Waals surface area (Å²) < 4.78 is 25.3. The van der Waals surface area contributed by atoms with Crippen molar-refractivity contribution in [1.29, 1.82) is 0 Å². The molecule has 2 aromatic carbocycles. The summed E-state index contributed by atoms with van der Waals surface area (Å²) in [6, 6.07) is 13.5. The maximum atomic E-state index is 14.2. The molecule has 0 N–H and O–H groups in total. The Labute approximate surface area is 262 Å². The molecule has 43 heavy (non-hydrogen) atoms. The van der Waals surface area contributed by atoms with E-state index in [0.717, 1.165) is 70.9 Å². The van der Waals surface area contributed by atoms with Gasteiger partial charge in [-0.05, 0) is 69.0 Å². The predicted octanol–water partition coefficient (Wildman–Crippen LogP) is 6.21. The summed E-state index contributed by atoms with van der Waals surface area (Å²) in [5.74, 6) is 1.86. The van der Waals surface area contributed by atoms with Crippen molar-refractivity contribution in [3.63, 3.8) is 0 Å². The Morgan fingerprint density at radius 3 is 2.60 bits per heavy atom. The van der Waals surface area contributed by atoms with Crippen LogP contribution in [0.25, 0.3) is 16.9 Å². The molecule has 7 rings (SSSR count). The summed E-state index contributed by atoms with van der Waals surface area (Å²) >= 11 is 9.86. The van der Waals surface area contributed by atoms with Crippen LogP contribution in [0.5, 0.6) is 0 Å². The number of imidazole rings is 1. The molecule has 224 valence electrons. The number of halogens is 3. The lowest BCUT2D eigenvalue weighted by Crippen LogP contribution is -2.57. The van der Waals surface area contributed by atoms with E-state index in [1.54, 1.807) is 12.4 Å². The highest BCUT2D eigenvalue weighted by Crippen LogP contribution is 2.37. The van der Waals surface area contributed by atoms with Crippen LogP contribution in [0.2, 0.25) is 5.02 Å². The first-order chi connectivity index (χ1) is 20.8. The zero-order valence-corrected chi connectivity index (χ0v) is 26.6. The van der Waals surface area contributed by atoms with Crippen LogP contribution in [0.15, 0.2) is 53.3 Å². The first-order valence-electron chi connectivity index (χ1n) is 14.7. The zero-order valence-electron chi connectivity index (χ0n) is 24.3. The van der Waals surface area contributed by atoms with Crippen molar-refractivity contribution < 1.29 is 9.13 Å². The smallest absolute Gasteiger partial charge is 0.258 e. The van der Waals surface area contributed by atoms with Gasteiger partial charge in [-0.25, -0.2) is 13.8 Å². The summed E-state index contributed by atoms with van der Waals surface area (Å²) in [6.45, 7) is 9.47. The van der Waals surface area contributed by atoms with Crippen molar-refractivity contribution in [3.8, 4) is 0 Å². The van der Waals surface area contributed by atoms with Crippen molar-refractivity contribution in [2.45, 2.75) is 64.4 Å². The Balaban J connectivity index is 1.27. The molecule has 2 aliphatic rings. The number of aromatic nitrogens is 6. The molecule has 2 fully saturated rings. The number of anilines is 1. The molecule has 0 spiro atoms. The minimum atomic E-state index is -0.417. The maximum absolute atomic E-state index is 14.2. The maximum Gasteiger partial charge on any atom is 0.258 e. The number of nitrogens with zero attached hydrogens (tertiary/aromatic N) is 8. The number of ether oxygens (including phenoxy) is 1. The van der Waals surface area contributed by atoms with Gasteiger partial charge in [-0.3, -0.25) is 4.90 Å². The third-order valence-electron chi connectivity index (χ3n) is 8.80. The van der Waals surface area contributed by atoms with Gasteiger partial charge in [0, 0.05) is 36.3 Å². The van der Waals surface area contributed by atoms with Gasteiger partial charge in [-0.1, -0.05) is 45.7 Å². The van der Waals surface area contributed by atoms with E-state index in [1.807, 2.05) is 29.5 Å². The lowest BCUT2D eigenvalue weighted by molar-refractivity contribution is 0.0972. The van der Waals surface area contributed by atoms with Crippen LogP contribution < -0.4 is 4.90 Å². The number of hydrogen-bond donors (Lipinski definition) is 0. The highest BCUT2D eigenvalue weighted by molar-refractivity contribution is 9.10. The van der Waals surface area contributed by atoms with Gasteiger partial charge in [-0.15, -0.1) is 10.2 Å². The van der Waals surface area contributed by atoms with Gasteiger partial charge in [-0.2, -0.15) is 4.98 Å². The quantitative estimate of drug-likeness (QED) is 0.213. The zero-order chi connectivity index (χ0) is 29.8. The Morgan fingerprint density at radius 2 is 1.86 bits per heavy atom. The van der Waals surface area contributed by atoms with E-state index in [-0.39, 0.29) is 29.3 Å². The number of piperazine rings is 1. The number of benzene rings is 2. The van der Waals surface area contributed by atoms with Crippen LogP contribution in [0, 0.1) is 12.7 Å². The summed E-state index contributed by atoms with van der Waals surface area (Å²) in [4.78, 5) is 14.9. The number of aryl methyl sites for hydroxylation is 1. The van der Waals surface area contributed by atoms with E-state index >= 15 is 0 Å². The first kappa shape index (κ1) is 28.6. The van der Waals surface area contributed by atoms with Gasteiger partial charge < -0.3 is 14.2 Å². The van der Waals surface area contributed by atoms with Crippen molar-refractivity contribution in [2.75, 3.05) is 24.6 Å². The van der Waals surface area contributed by atoms with E-state index < -0.39 is 5.82 Å². The highest BCUT2D eigenvalue weighted by atomic mass is 79.9. The molecule has 2 unspecified atom stereocenters. The van der Waals surface area contributed by atoms with E-state index in [0.29, 0.717) is 12.3 Å². The molecule has 0 radical (unpaired) electrons. The molecular weight excluding hydrogens is 635 g/mol. The SMILES string of the molecule is Cc1nc2c(N3C[C@@H](C)N(C(c4ccc(Br)cc4)c4ccc(F)c(Cl)c4)C[C@@H]3C)nc3nncn3c2n1CC1CCCO1. The van der Waals surface area contributed by atoms with Crippen LogP contribution in [-0.4, -0.2) is 71.9 Å². The third-order valence-corrected chi connectivity index (χ3v) is 9.62. The first-order valence-corrected chi connectivity index (χ1v) is 15.9. The van der Waals surface area contributed by atoms with E-state index in [4.69, 9.17) is 26.3 Å². The molecule has 2 aliphatic heterocycles. The molecule has 0 bridgehead atoms.